The predicted molar refractivity (Wildman–Crippen MR) is 74.9 cm³/mol. The molecule has 1 N–H and O–H groups in total. The Morgan fingerprint density at radius 3 is 2.56 bits per heavy atom. The van der Waals surface area contributed by atoms with Crippen LogP contribution in [0.15, 0.2) is 36.4 Å². The van der Waals surface area contributed by atoms with E-state index in [9.17, 15) is 4.39 Å². The lowest BCUT2D eigenvalue weighted by atomic mass is 10.1. The van der Waals surface area contributed by atoms with Gasteiger partial charge in [-0.3, -0.25) is 0 Å². The first-order valence-corrected chi connectivity index (χ1v) is 6.26. The van der Waals surface area contributed by atoms with E-state index in [1.807, 2.05) is 25.1 Å². The topological polar surface area (TPSA) is 12.0 Å². The van der Waals surface area contributed by atoms with Crippen molar-refractivity contribution >= 4 is 28.9 Å². The van der Waals surface area contributed by atoms with E-state index in [4.69, 9.17) is 23.2 Å². The van der Waals surface area contributed by atoms with Crippen LogP contribution < -0.4 is 5.32 Å². The number of benzene rings is 2. The molecule has 0 aliphatic heterocycles. The van der Waals surface area contributed by atoms with Gasteiger partial charge in [-0.1, -0.05) is 29.3 Å². The molecule has 2 aromatic carbocycles. The van der Waals surface area contributed by atoms with Gasteiger partial charge in [-0.2, -0.15) is 0 Å². The van der Waals surface area contributed by atoms with Crippen molar-refractivity contribution in [3.63, 3.8) is 0 Å². The summed E-state index contributed by atoms with van der Waals surface area (Å²) in [5.74, 6) is -0.400. The van der Waals surface area contributed by atoms with E-state index in [0.29, 0.717) is 11.6 Å². The average Bonchev–Trinajstić information content (AvgIpc) is 2.32. The fraction of sp³-hybridized carbons (Fsp3) is 0.143. The van der Waals surface area contributed by atoms with E-state index in [0.717, 1.165) is 16.8 Å². The van der Waals surface area contributed by atoms with E-state index in [2.05, 4.69) is 5.32 Å². The summed E-state index contributed by atoms with van der Waals surface area (Å²) in [5, 5.41) is 4.12. The molecule has 0 saturated heterocycles. The van der Waals surface area contributed by atoms with Crippen LogP contribution in [0, 0.1) is 12.7 Å². The van der Waals surface area contributed by atoms with Crippen LogP contribution in [0.4, 0.5) is 10.1 Å². The molecule has 0 fully saturated rings. The van der Waals surface area contributed by atoms with Gasteiger partial charge in [-0.25, -0.2) is 4.39 Å². The maximum atomic E-state index is 13.0. The number of hydrogen-bond donors (Lipinski definition) is 1. The second-order valence-electron chi connectivity index (χ2n) is 4.06. The second kappa shape index (κ2) is 5.59. The van der Waals surface area contributed by atoms with Crippen molar-refractivity contribution in [1.29, 1.82) is 0 Å². The van der Waals surface area contributed by atoms with Crippen molar-refractivity contribution in [2.24, 2.45) is 0 Å². The molecule has 94 valence electrons. The van der Waals surface area contributed by atoms with Gasteiger partial charge in [0, 0.05) is 17.3 Å². The van der Waals surface area contributed by atoms with Gasteiger partial charge in [0.15, 0.2) is 0 Å². The smallest absolute Gasteiger partial charge is 0.141 e. The van der Waals surface area contributed by atoms with Gasteiger partial charge in [-0.05, 0) is 48.4 Å². The first-order valence-electron chi connectivity index (χ1n) is 5.50. The first-order chi connectivity index (χ1) is 8.56. The molecule has 2 rings (SSSR count). The largest absolute Gasteiger partial charge is 0.381 e. The first kappa shape index (κ1) is 13.2. The van der Waals surface area contributed by atoms with Gasteiger partial charge in [0.1, 0.15) is 5.82 Å². The molecule has 0 amide bonds. The van der Waals surface area contributed by atoms with Crippen LogP contribution in [0.2, 0.25) is 10.0 Å². The summed E-state index contributed by atoms with van der Waals surface area (Å²) in [4.78, 5) is 0. The molecule has 0 bridgehead atoms. The van der Waals surface area contributed by atoms with Gasteiger partial charge in [0.05, 0.1) is 5.02 Å². The lowest BCUT2D eigenvalue weighted by Crippen LogP contribution is -2.01. The summed E-state index contributed by atoms with van der Waals surface area (Å²) in [6, 6.07) is 10.3. The summed E-state index contributed by atoms with van der Waals surface area (Å²) >= 11 is 11.6. The van der Waals surface area contributed by atoms with Crippen molar-refractivity contribution in [1.82, 2.24) is 0 Å². The molecule has 0 aliphatic carbocycles. The molecule has 1 nitrogen and oxygen atoms in total. The summed E-state index contributed by atoms with van der Waals surface area (Å²) in [6.45, 7) is 2.56. The zero-order valence-corrected chi connectivity index (χ0v) is 11.3. The van der Waals surface area contributed by atoms with E-state index >= 15 is 0 Å². The maximum Gasteiger partial charge on any atom is 0.141 e. The molecule has 2 aromatic rings. The Balaban J connectivity index is 2.09. The van der Waals surface area contributed by atoms with Crippen LogP contribution in [-0.2, 0) is 6.54 Å². The van der Waals surface area contributed by atoms with Gasteiger partial charge in [-0.15, -0.1) is 0 Å². The third-order valence-electron chi connectivity index (χ3n) is 2.66. The number of nitrogens with one attached hydrogen (secondary N) is 1. The normalized spacial score (nSPS) is 10.4. The Morgan fingerprint density at radius 1 is 1.11 bits per heavy atom. The fourth-order valence-corrected chi connectivity index (χ4v) is 2.10. The van der Waals surface area contributed by atoms with Gasteiger partial charge < -0.3 is 5.32 Å². The van der Waals surface area contributed by atoms with Crippen LogP contribution in [0.5, 0.6) is 0 Å². The van der Waals surface area contributed by atoms with Gasteiger partial charge in [0.25, 0.3) is 0 Å². The highest BCUT2D eigenvalue weighted by Gasteiger charge is 2.02. The Labute approximate surface area is 116 Å². The number of rotatable bonds is 3. The van der Waals surface area contributed by atoms with Crippen molar-refractivity contribution in [2.45, 2.75) is 13.5 Å². The minimum atomic E-state index is -0.400. The summed E-state index contributed by atoms with van der Waals surface area (Å²) in [7, 11) is 0. The highest BCUT2D eigenvalue weighted by atomic mass is 35.5. The molecule has 0 unspecified atom stereocenters. The minimum Gasteiger partial charge on any atom is -0.381 e. The Kier molecular flexibility index (Phi) is 4.10. The monoisotopic (exact) mass is 283 g/mol. The minimum absolute atomic E-state index is 0.141. The van der Waals surface area contributed by atoms with E-state index in [1.54, 1.807) is 12.1 Å². The molecule has 0 spiro atoms. The molecule has 0 aliphatic rings. The quantitative estimate of drug-likeness (QED) is 0.831. The number of halogens is 3. The van der Waals surface area contributed by atoms with Crippen molar-refractivity contribution in [3.8, 4) is 0 Å². The molecule has 0 aromatic heterocycles. The predicted octanol–water partition coefficient (Wildman–Crippen LogP) is 5.05. The van der Waals surface area contributed by atoms with Crippen LogP contribution in [0.25, 0.3) is 0 Å². The summed E-state index contributed by atoms with van der Waals surface area (Å²) in [6.07, 6.45) is 0. The van der Waals surface area contributed by atoms with Crippen LogP contribution in [0.3, 0.4) is 0 Å². The fourth-order valence-electron chi connectivity index (χ4n) is 1.67. The van der Waals surface area contributed by atoms with Crippen molar-refractivity contribution in [3.05, 3.63) is 63.4 Å². The standard InChI is InChI=1S/C14H12Cl2FN/c1-9-6-11(15)3-5-14(9)18-8-10-2-4-13(17)12(16)7-10/h2-7,18H,8H2,1H3. The van der Waals surface area contributed by atoms with Crippen molar-refractivity contribution in [2.75, 3.05) is 5.32 Å². The highest BCUT2D eigenvalue weighted by Crippen LogP contribution is 2.21. The molecule has 0 saturated carbocycles. The molecule has 18 heavy (non-hydrogen) atoms. The lowest BCUT2D eigenvalue weighted by molar-refractivity contribution is 0.627. The van der Waals surface area contributed by atoms with Crippen LogP contribution in [0.1, 0.15) is 11.1 Å². The molecular weight excluding hydrogens is 272 g/mol. The number of anilines is 1. The van der Waals surface area contributed by atoms with Crippen molar-refractivity contribution < 1.29 is 4.39 Å². The lowest BCUT2D eigenvalue weighted by Gasteiger charge is -2.10. The zero-order chi connectivity index (χ0) is 13.1. The number of hydrogen-bond acceptors (Lipinski definition) is 1. The van der Waals surface area contributed by atoms with Crippen LogP contribution in [-0.4, -0.2) is 0 Å². The highest BCUT2D eigenvalue weighted by molar-refractivity contribution is 6.31. The Hall–Kier alpha value is -1.25. The second-order valence-corrected chi connectivity index (χ2v) is 4.90. The van der Waals surface area contributed by atoms with Crippen LogP contribution >= 0.6 is 23.2 Å². The third kappa shape index (κ3) is 3.15. The summed E-state index contributed by atoms with van der Waals surface area (Å²) < 4.78 is 13.0. The molecular formula is C14H12Cl2FN. The Bertz CT molecular complexity index is 570. The number of aryl methyl sites for hydroxylation is 1. The molecule has 4 heteroatoms. The average molecular weight is 284 g/mol. The SMILES string of the molecule is Cc1cc(Cl)ccc1NCc1ccc(F)c(Cl)c1. The van der Waals surface area contributed by atoms with Gasteiger partial charge >= 0.3 is 0 Å². The summed E-state index contributed by atoms with van der Waals surface area (Å²) in [5.41, 5.74) is 2.99. The van der Waals surface area contributed by atoms with Gasteiger partial charge in [0.2, 0.25) is 0 Å². The Morgan fingerprint density at radius 2 is 1.89 bits per heavy atom. The molecule has 0 radical (unpaired) electrons. The third-order valence-corrected chi connectivity index (χ3v) is 3.18. The van der Waals surface area contributed by atoms with E-state index < -0.39 is 5.82 Å². The zero-order valence-electron chi connectivity index (χ0n) is 9.81. The maximum absolute atomic E-state index is 13.0. The van der Waals surface area contributed by atoms with E-state index in [1.165, 1.54) is 6.07 Å². The molecule has 0 heterocycles. The van der Waals surface area contributed by atoms with E-state index in [-0.39, 0.29) is 5.02 Å². The molecule has 0 atom stereocenters.